The first-order valence-electron chi connectivity index (χ1n) is 22.4. The van der Waals surface area contributed by atoms with Crippen molar-refractivity contribution >= 4 is 23.3 Å². The molecule has 0 saturated heterocycles. The number of carbonyl (C=O) groups is 2. The molecule has 2 spiro atoms. The predicted octanol–water partition coefficient (Wildman–Crippen LogP) is 12.1. The molecule has 62 heavy (non-hydrogen) atoms. The smallest absolute Gasteiger partial charge is 0.340 e. The molecule has 4 heterocycles. The molecule has 0 radical (unpaired) electrons. The van der Waals surface area contributed by atoms with Gasteiger partial charge in [-0.1, -0.05) is 104 Å². The van der Waals surface area contributed by atoms with Gasteiger partial charge >= 0.3 is 11.9 Å². The van der Waals surface area contributed by atoms with E-state index in [4.69, 9.17) is 18.9 Å². The number of hydrogen-bond donors (Lipinski definition) is 0. The molecule has 0 bridgehead atoms. The molecule has 0 amide bonds. The Morgan fingerprint density at radius 1 is 0.484 bits per heavy atom. The van der Waals surface area contributed by atoms with Crippen LogP contribution in [0.4, 0.5) is 11.4 Å². The number of fused-ring (bicyclic) bond motifs is 10. The molecule has 3 aromatic carbocycles. The Kier molecular flexibility index (Phi) is 9.30. The van der Waals surface area contributed by atoms with Gasteiger partial charge in [-0.25, -0.2) is 9.59 Å². The molecular weight excluding hydrogens is 773 g/mol. The number of esters is 2. The summed E-state index contributed by atoms with van der Waals surface area (Å²) in [5.41, 5.74) is 3.40. The molecule has 0 fully saturated rings. The van der Waals surface area contributed by atoms with Crippen LogP contribution in [0.25, 0.3) is 0 Å². The molecule has 0 aromatic heterocycles. The molecule has 0 N–H and O–H groups in total. The van der Waals surface area contributed by atoms with E-state index in [1.54, 1.807) is 0 Å². The number of carbonyl (C=O) groups excluding carboxylic acids is 2. The van der Waals surface area contributed by atoms with Gasteiger partial charge in [-0.2, -0.15) is 0 Å². The Hall–Kier alpha value is -5.76. The van der Waals surface area contributed by atoms with E-state index in [1.165, 1.54) is 0 Å². The van der Waals surface area contributed by atoms with E-state index in [9.17, 15) is 9.59 Å². The predicted molar refractivity (Wildman–Crippen MR) is 246 cm³/mol. The molecule has 322 valence electrons. The minimum atomic E-state index is -1.38. The van der Waals surface area contributed by atoms with Gasteiger partial charge in [-0.15, -0.1) is 0 Å². The van der Waals surface area contributed by atoms with Gasteiger partial charge < -0.3 is 28.7 Å². The molecule has 2 aliphatic carbocycles. The molecule has 4 atom stereocenters. The van der Waals surface area contributed by atoms with Gasteiger partial charge in [-0.05, 0) is 74.9 Å². The van der Waals surface area contributed by atoms with Gasteiger partial charge in [-0.3, -0.25) is 0 Å². The molecular formula is C54H60N2O6. The number of rotatable bonds is 6. The van der Waals surface area contributed by atoms with E-state index < -0.39 is 23.1 Å². The van der Waals surface area contributed by atoms with Gasteiger partial charge in [0.2, 0.25) is 0 Å². The molecule has 4 unspecified atom stereocenters. The van der Waals surface area contributed by atoms with Gasteiger partial charge in [0.25, 0.3) is 0 Å². The van der Waals surface area contributed by atoms with Crippen LogP contribution in [0.3, 0.4) is 0 Å². The van der Waals surface area contributed by atoms with Gasteiger partial charge in [0.1, 0.15) is 23.0 Å². The first kappa shape index (κ1) is 41.6. The monoisotopic (exact) mass is 832 g/mol. The highest BCUT2D eigenvalue weighted by atomic mass is 16.6. The Bertz CT molecular complexity index is 2460. The zero-order valence-corrected chi connectivity index (χ0v) is 38.4. The van der Waals surface area contributed by atoms with Crippen LogP contribution >= 0.6 is 0 Å². The third-order valence-electron chi connectivity index (χ3n) is 15.1. The Morgan fingerprint density at radius 3 is 1.16 bits per heavy atom. The van der Waals surface area contributed by atoms with Crippen molar-refractivity contribution < 1.29 is 28.5 Å². The van der Waals surface area contributed by atoms with E-state index in [0.717, 1.165) is 59.8 Å². The highest BCUT2D eigenvalue weighted by Gasteiger charge is 2.59. The Morgan fingerprint density at radius 2 is 0.823 bits per heavy atom. The molecule has 0 saturated carbocycles. The largest absolute Gasteiger partial charge is 0.456 e. The van der Waals surface area contributed by atoms with Crippen molar-refractivity contribution in [2.75, 3.05) is 36.0 Å². The fourth-order valence-corrected chi connectivity index (χ4v) is 9.91. The Labute approximate surface area is 367 Å². The van der Waals surface area contributed by atoms with Crippen molar-refractivity contribution in [1.82, 2.24) is 0 Å². The highest BCUT2D eigenvalue weighted by molar-refractivity contribution is 6.00. The van der Waals surface area contributed by atoms with Crippen molar-refractivity contribution in [3.63, 3.8) is 0 Å². The zero-order valence-electron chi connectivity index (χ0n) is 38.4. The summed E-state index contributed by atoms with van der Waals surface area (Å²) in [5.74, 6) is 1.32. The molecule has 8 nitrogen and oxygen atoms in total. The topological polar surface area (TPSA) is 77.5 Å². The van der Waals surface area contributed by atoms with Crippen LogP contribution in [0.2, 0.25) is 0 Å². The first-order chi connectivity index (χ1) is 29.3. The number of benzene rings is 3. The summed E-state index contributed by atoms with van der Waals surface area (Å²) in [6, 6.07) is 16.3. The summed E-state index contributed by atoms with van der Waals surface area (Å²) < 4.78 is 27.7. The minimum Gasteiger partial charge on any atom is -0.456 e. The number of allylic oxidation sites excluding steroid dienone is 4. The van der Waals surface area contributed by atoms with E-state index in [-0.39, 0.29) is 21.7 Å². The van der Waals surface area contributed by atoms with Crippen LogP contribution < -0.4 is 19.3 Å². The van der Waals surface area contributed by atoms with E-state index in [1.807, 2.05) is 48.6 Å². The fourth-order valence-electron chi connectivity index (χ4n) is 9.91. The number of hydrogen-bond acceptors (Lipinski definition) is 8. The highest BCUT2D eigenvalue weighted by Crippen LogP contribution is 2.64. The van der Waals surface area contributed by atoms with E-state index >= 15 is 0 Å². The second-order valence-electron chi connectivity index (χ2n) is 19.9. The lowest BCUT2D eigenvalue weighted by Crippen LogP contribution is -2.37. The van der Waals surface area contributed by atoms with Gasteiger partial charge in [0.15, 0.2) is 11.2 Å². The second kappa shape index (κ2) is 13.9. The first-order valence-corrected chi connectivity index (χ1v) is 22.4. The number of anilines is 2. The van der Waals surface area contributed by atoms with Crippen LogP contribution in [0.15, 0.2) is 119 Å². The molecule has 3 aromatic rings. The van der Waals surface area contributed by atoms with Crippen molar-refractivity contribution in [3.05, 3.63) is 142 Å². The lowest BCUT2D eigenvalue weighted by Gasteiger charge is -2.42. The molecule has 8 heteroatoms. The quantitative estimate of drug-likeness (QED) is 0.227. The molecule has 4 aliphatic heterocycles. The third kappa shape index (κ3) is 5.70. The van der Waals surface area contributed by atoms with Gasteiger partial charge in [0.05, 0.1) is 22.3 Å². The number of nitrogens with zero attached hydrogens (tertiary/aromatic N) is 2. The van der Waals surface area contributed by atoms with Crippen LogP contribution in [0, 0.1) is 21.7 Å². The number of ether oxygens (including phenoxy) is 4. The summed E-state index contributed by atoms with van der Waals surface area (Å²) in [4.78, 5) is 33.4. The standard InChI is InChI=1S/C54H60N2O6/c1-13-55(14-2)33-17-19-39-43(29-33)59-45-31-42-46(32-41(45)53(39)37-23-27-51(11,49(5,6)7)25-21-35(37)47(57)61-53)60-44-30-34(56(15-3)16-4)18-20-40(44)54(42)38-24-28-52(12,50(8,9)10)26-22-36(38)48(58)62-54/h17-32H,13-16H2,1-12H3. The average molecular weight is 833 g/mol. The zero-order chi connectivity index (χ0) is 44.4. The minimum absolute atomic E-state index is 0.141. The second-order valence-corrected chi connectivity index (χ2v) is 19.9. The lowest BCUT2D eigenvalue weighted by atomic mass is 9.67. The fraction of sp³-hybridized carbons (Fsp3) is 0.407. The lowest BCUT2D eigenvalue weighted by molar-refractivity contribution is -0.146. The summed E-state index contributed by atoms with van der Waals surface area (Å²) in [6.07, 6.45) is 16.7. The maximum atomic E-state index is 14.4. The van der Waals surface area contributed by atoms with Crippen LogP contribution in [0.5, 0.6) is 23.0 Å². The van der Waals surface area contributed by atoms with Crippen molar-refractivity contribution in [1.29, 1.82) is 0 Å². The van der Waals surface area contributed by atoms with E-state index in [0.29, 0.717) is 45.3 Å². The third-order valence-corrected chi connectivity index (χ3v) is 15.1. The van der Waals surface area contributed by atoms with Crippen LogP contribution in [-0.2, 0) is 30.3 Å². The normalized spacial score (nSPS) is 26.5. The summed E-state index contributed by atoms with van der Waals surface area (Å²) in [6.45, 7) is 29.4. The maximum Gasteiger partial charge on any atom is 0.340 e. The van der Waals surface area contributed by atoms with E-state index in [2.05, 4.69) is 141 Å². The summed E-state index contributed by atoms with van der Waals surface area (Å²) >= 11 is 0. The van der Waals surface area contributed by atoms with Crippen LogP contribution in [-0.4, -0.2) is 38.1 Å². The van der Waals surface area contributed by atoms with Crippen molar-refractivity contribution in [3.8, 4) is 23.0 Å². The van der Waals surface area contributed by atoms with Crippen molar-refractivity contribution in [2.45, 2.75) is 94.3 Å². The SMILES string of the molecule is CCN(CC)c1ccc2c(c1)Oc1cc3c(cc1C21OC(=O)C2=C1C=CC(C)(C(C)(C)C)C=C2)Oc1cc(N(CC)CC)ccc1C31OC(=O)C2=C1C=CC(C)(C(C)(C)C)C=C2. The summed E-state index contributed by atoms with van der Waals surface area (Å²) in [5, 5.41) is 0. The summed E-state index contributed by atoms with van der Waals surface area (Å²) in [7, 11) is 0. The maximum absolute atomic E-state index is 14.4. The van der Waals surface area contributed by atoms with Crippen LogP contribution in [0.1, 0.15) is 105 Å². The van der Waals surface area contributed by atoms with Gasteiger partial charge in [0, 0.05) is 82.8 Å². The average Bonchev–Trinajstić information content (AvgIpc) is 3.44. The Balaban J connectivity index is 1.33. The molecule has 9 rings (SSSR count). The molecule has 6 aliphatic rings. The van der Waals surface area contributed by atoms with Crippen molar-refractivity contribution in [2.24, 2.45) is 21.7 Å².